The van der Waals surface area contributed by atoms with Gasteiger partial charge in [-0.3, -0.25) is 4.90 Å². The third kappa shape index (κ3) is 2.80. The van der Waals surface area contributed by atoms with E-state index in [-0.39, 0.29) is 5.54 Å². The molecule has 0 aliphatic heterocycles. The number of rotatable bonds is 6. The fourth-order valence-electron chi connectivity index (χ4n) is 2.06. The maximum atomic E-state index is 5.92. The van der Waals surface area contributed by atoms with E-state index in [9.17, 15) is 0 Å². The van der Waals surface area contributed by atoms with Gasteiger partial charge in [0.25, 0.3) is 0 Å². The third-order valence-electron chi connectivity index (χ3n) is 3.51. The first-order valence-electron chi connectivity index (χ1n) is 5.61. The number of hydrogen-bond donors (Lipinski definition) is 1. The van der Waals surface area contributed by atoms with Crippen LogP contribution in [0.25, 0.3) is 0 Å². The van der Waals surface area contributed by atoms with Crippen LogP contribution in [0.2, 0.25) is 0 Å². The van der Waals surface area contributed by atoms with E-state index >= 15 is 0 Å². The summed E-state index contributed by atoms with van der Waals surface area (Å²) in [6.45, 7) is 6.18. The lowest BCUT2D eigenvalue weighted by molar-refractivity contribution is 0.108. The van der Waals surface area contributed by atoms with Gasteiger partial charge >= 0.3 is 0 Å². The molecule has 1 heterocycles. The van der Waals surface area contributed by atoms with E-state index in [0.29, 0.717) is 0 Å². The molecule has 0 aliphatic carbocycles. The van der Waals surface area contributed by atoms with Crippen molar-refractivity contribution in [3.8, 4) is 0 Å². The lowest BCUT2D eigenvalue weighted by Gasteiger charge is -2.40. The molecule has 0 bridgehead atoms. The Bertz CT molecular complexity index is 257. The van der Waals surface area contributed by atoms with Crippen LogP contribution in [0.5, 0.6) is 0 Å². The van der Waals surface area contributed by atoms with Crippen LogP contribution in [0.3, 0.4) is 0 Å². The summed E-state index contributed by atoms with van der Waals surface area (Å²) in [5.74, 6) is 0. The van der Waals surface area contributed by atoms with E-state index in [2.05, 4.69) is 42.6 Å². The maximum Gasteiger partial charge on any atom is 0.0327 e. The van der Waals surface area contributed by atoms with Gasteiger partial charge < -0.3 is 5.73 Å². The van der Waals surface area contributed by atoms with E-state index < -0.39 is 0 Å². The minimum Gasteiger partial charge on any atom is -0.329 e. The summed E-state index contributed by atoms with van der Waals surface area (Å²) in [6, 6.07) is 2.19. The molecular weight excluding hydrogens is 204 g/mol. The van der Waals surface area contributed by atoms with Crippen LogP contribution in [0.15, 0.2) is 16.8 Å². The molecule has 0 saturated heterocycles. The van der Waals surface area contributed by atoms with Gasteiger partial charge in [-0.25, -0.2) is 0 Å². The lowest BCUT2D eigenvalue weighted by Crippen LogP contribution is -2.50. The van der Waals surface area contributed by atoms with Gasteiger partial charge in [0.2, 0.25) is 0 Å². The zero-order valence-electron chi connectivity index (χ0n) is 9.99. The molecule has 0 radical (unpaired) electrons. The Morgan fingerprint density at radius 2 is 2.07 bits per heavy atom. The predicted octanol–water partition coefficient (Wildman–Crippen LogP) is 2.70. The second-order valence-corrected chi connectivity index (χ2v) is 4.90. The van der Waals surface area contributed by atoms with Crippen LogP contribution >= 0.6 is 11.3 Å². The Kier molecular flexibility index (Phi) is 4.77. The van der Waals surface area contributed by atoms with Crippen molar-refractivity contribution in [2.45, 2.75) is 38.8 Å². The van der Waals surface area contributed by atoms with Crippen LogP contribution in [-0.4, -0.2) is 24.0 Å². The molecule has 1 rings (SSSR count). The van der Waals surface area contributed by atoms with Gasteiger partial charge in [-0.15, -0.1) is 0 Å². The highest BCUT2D eigenvalue weighted by Gasteiger charge is 2.29. The minimum atomic E-state index is 0.169. The van der Waals surface area contributed by atoms with Crippen molar-refractivity contribution in [3.05, 3.63) is 22.4 Å². The quantitative estimate of drug-likeness (QED) is 0.808. The van der Waals surface area contributed by atoms with Crippen molar-refractivity contribution >= 4 is 11.3 Å². The highest BCUT2D eigenvalue weighted by Crippen LogP contribution is 2.23. The van der Waals surface area contributed by atoms with Crippen LogP contribution in [-0.2, 0) is 6.54 Å². The average Bonchev–Trinajstić information content (AvgIpc) is 2.74. The molecule has 2 nitrogen and oxygen atoms in total. The number of likely N-dealkylation sites (N-methyl/N-ethyl adjacent to an activating group) is 1. The van der Waals surface area contributed by atoms with Crippen molar-refractivity contribution in [3.63, 3.8) is 0 Å². The van der Waals surface area contributed by atoms with Crippen LogP contribution in [0, 0.1) is 0 Å². The van der Waals surface area contributed by atoms with Gasteiger partial charge in [0.1, 0.15) is 0 Å². The van der Waals surface area contributed by atoms with Crippen LogP contribution < -0.4 is 5.73 Å². The standard InChI is InChI=1S/C12H22N2S/c1-4-12(5-2,10-13)14(3)8-11-6-7-15-9-11/h6-7,9H,4-5,8,10,13H2,1-3H3. The highest BCUT2D eigenvalue weighted by atomic mass is 32.1. The molecule has 0 saturated carbocycles. The Labute approximate surface area is 97.1 Å². The third-order valence-corrected chi connectivity index (χ3v) is 4.24. The molecule has 0 unspecified atom stereocenters. The van der Waals surface area contributed by atoms with Gasteiger partial charge in [0, 0.05) is 18.6 Å². The number of thiophene rings is 1. The number of hydrogen-bond acceptors (Lipinski definition) is 3. The molecule has 0 fully saturated rings. The summed E-state index contributed by atoms with van der Waals surface area (Å²) in [4.78, 5) is 2.40. The molecule has 1 aromatic heterocycles. The summed E-state index contributed by atoms with van der Waals surface area (Å²) < 4.78 is 0. The lowest BCUT2D eigenvalue weighted by atomic mass is 9.91. The molecule has 86 valence electrons. The largest absolute Gasteiger partial charge is 0.329 e. The number of nitrogens with two attached hydrogens (primary N) is 1. The summed E-state index contributed by atoms with van der Waals surface area (Å²) in [7, 11) is 2.18. The van der Waals surface area contributed by atoms with E-state index in [1.807, 2.05) is 0 Å². The van der Waals surface area contributed by atoms with Gasteiger partial charge in [-0.05, 0) is 42.3 Å². The first-order chi connectivity index (χ1) is 7.18. The first kappa shape index (κ1) is 12.7. The summed E-state index contributed by atoms with van der Waals surface area (Å²) in [5, 5.41) is 4.34. The molecule has 15 heavy (non-hydrogen) atoms. The first-order valence-corrected chi connectivity index (χ1v) is 6.55. The second-order valence-electron chi connectivity index (χ2n) is 4.12. The minimum absolute atomic E-state index is 0.169. The molecule has 0 atom stereocenters. The van der Waals surface area contributed by atoms with Crippen molar-refractivity contribution < 1.29 is 0 Å². The Morgan fingerprint density at radius 3 is 2.47 bits per heavy atom. The zero-order chi connectivity index (χ0) is 11.3. The normalized spacial score (nSPS) is 12.3. The smallest absolute Gasteiger partial charge is 0.0327 e. The van der Waals surface area contributed by atoms with Crippen molar-refractivity contribution in [1.82, 2.24) is 4.90 Å². The van der Waals surface area contributed by atoms with Crippen molar-refractivity contribution in [2.24, 2.45) is 5.73 Å². The van der Waals surface area contributed by atoms with Gasteiger partial charge in [0.05, 0.1) is 0 Å². The maximum absolute atomic E-state index is 5.92. The monoisotopic (exact) mass is 226 g/mol. The highest BCUT2D eigenvalue weighted by molar-refractivity contribution is 7.07. The van der Waals surface area contributed by atoms with Crippen molar-refractivity contribution in [2.75, 3.05) is 13.6 Å². The van der Waals surface area contributed by atoms with Crippen LogP contribution in [0.1, 0.15) is 32.3 Å². The van der Waals surface area contributed by atoms with E-state index in [1.54, 1.807) is 11.3 Å². The Hall–Kier alpha value is -0.380. The van der Waals surface area contributed by atoms with Crippen molar-refractivity contribution in [1.29, 1.82) is 0 Å². The summed E-state index contributed by atoms with van der Waals surface area (Å²) >= 11 is 1.76. The van der Waals surface area contributed by atoms with E-state index in [4.69, 9.17) is 5.73 Å². The van der Waals surface area contributed by atoms with E-state index in [1.165, 1.54) is 5.56 Å². The molecule has 0 aliphatic rings. The zero-order valence-corrected chi connectivity index (χ0v) is 10.8. The van der Waals surface area contributed by atoms with Crippen LogP contribution in [0.4, 0.5) is 0 Å². The second kappa shape index (κ2) is 5.64. The molecule has 0 spiro atoms. The molecular formula is C12H22N2S. The Morgan fingerprint density at radius 1 is 1.40 bits per heavy atom. The topological polar surface area (TPSA) is 29.3 Å². The van der Waals surface area contributed by atoms with Gasteiger partial charge in [0.15, 0.2) is 0 Å². The molecule has 2 N–H and O–H groups in total. The SMILES string of the molecule is CCC(CC)(CN)N(C)Cc1ccsc1. The molecule has 0 aromatic carbocycles. The van der Waals surface area contributed by atoms with Gasteiger partial charge in [-0.2, -0.15) is 11.3 Å². The summed E-state index contributed by atoms with van der Waals surface area (Å²) in [5.41, 5.74) is 7.48. The fraction of sp³-hybridized carbons (Fsp3) is 0.667. The fourth-order valence-corrected chi connectivity index (χ4v) is 2.72. The summed E-state index contributed by atoms with van der Waals surface area (Å²) in [6.07, 6.45) is 2.22. The Balaban J connectivity index is 2.68. The molecule has 3 heteroatoms. The average molecular weight is 226 g/mol. The molecule has 0 amide bonds. The molecule has 1 aromatic rings. The predicted molar refractivity (Wildman–Crippen MR) is 68.2 cm³/mol. The van der Waals surface area contributed by atoms with E-state index in [0.717, 1.165) is 25.9 Å². The number of nitrogens with zero attached hydrogens (tertiary/aromatic N) is 1. The van der Waals surface area contributed by atoms with Gasteiger partial charge in [-0.1, -0.05) is 13.8 Å².